The van der Waals surface area contributed by atoms with Gasteiger partial charge in [0, 0.05) is 5.56 Å². The van der Waals surface area contributed by atoms with Crippen LogP contribution in [0.4, 0.5) is 4.39 Å². The van der Waals surface area contributed by atoms with Crippen molar-refractivity contribution >= 4 is 0 Å². The van der Waals surface area contributed by atoms with Gasteiger partial charge in [-0.1, -0.05) is 125 Å². The first-order chi connectivity index (χ1) is 18.1. The standard InChI is InChI=1S/C36H41F/c1-4-7-9-11-27-13-17-30(18-14-27)32-21-23-34(29(6-3)25-32)35-24-22-33(26-36(35)37)31-19-15-28(16-20-31)12-10-8-5-2/h13-26H,4-12H2,1-3H3. The molecule has 0 amide bonds. The smallest absolute Gasteiger partial charge is 0.131 e. The van der Waals surface area contributed by atoms with Crippen LogP contribution in [0.3, 0.4) is 0 Å². The molecular formula is C36H41F. The number of aryl methyl sites for hydroxylation is 3. The van der Waals surface area contributed by atoms with Crippen molar-refractivity contribution in [2.24, 2.45) is 0 Å². The van der Waals surface area contributed by atoms with E-state index in [1.54, 1.807) is 6.07 Å². The second kappa shape index (κ2) is 13.4. The van der Waals surface area contributed by atoms with Gasteiger partial charge in [-0.25, -0.2) is 4.39 Å². The molecule has 192 valence electrons. The molecule has 0 N–H and O–H groups in total. The highest BCUT2D eigenvalue weighted by Crippen LogP contribution is 2.33. The molecule has 4 aromatic carbocycles. The predicted octanol–water partition coefficient (Wildman–Crippen LogP) is 10.9. The van der Waals surface area contributed by atoms with Crippen LogP contribution >= 0.6 is 0 Å². The van der Waals surface area contributed by atoms with Gasteiger partial charge in [0.15, 0.2) is 0 Å². The van der Waals surface area contributed by atoms with E-state index in [1.165, 1.54) is 66.3 Å². The second-order valence-electron chi connectivity index (χ2n) is 10.2. The van der Waals surface area contributed by atoms with Crippen molar-refractivity contribution in [2.75, 3.05) is 0 Å². The lowest BCUT2D eigenvalue weighted by atomic mass is 9.92. The van der Waals surface area contributed by atoms with E-state index in [0.29, 0.717) is 5.56 Å². The summed E-state index contributed by atoms with van der Waals surface area (Å²) in [4.78, 5) is 0. The van der Waals surface area contributed by atoms with E-state index in [0.717, 1.165) is 36.0 Å². The molecule has 0 aromatic heterocycles. The zero-order valence-corrected chi connectivity index (χ0v) is 22.8. The third-order valence-electron chi connectivity index (χ3n) is 7.46. The highest BCUT2D eigenvalue weighted by Gasteiger charge is 2.12. The van der Waals surface area contributed by atoms with E-state index in [2.05, 4.69) is 93.6 Å². The Kier molecular flexibility index (Phi) is 9.71. The van der Waals surface area contributed by atoms with Crippen LogP contribution in [-0.2, 0) is 19.3 Å². The summed E-state index contributed by atoms with van der Waals surface area (Å²) in [5.41, 5.74) is 9.99. The van der Waals surface area contributed by atoms with Crippen molar-refractivity contribution in [3.8, 4) is 33.4 Å². The van der Waals surface area contributed by atoms with Gasteiger partial charge in [0.25, 0.3) is 0 Å². The molecule has 0 spiro atoms. The molecule has 0 aliphatic rings. The fourth-order valence-electron chi connectivity index (χ4n) is 5.13. The summed E-state index contributed by atoms with van der Waals surface area (Å²) in [5, 5.41) is 0. The minimum absolute atomic E-state index is 0.164. The van der Waals surface area contributed by atoms with Gasteiger partial charge >= 0.3 is 0 Å². The highest BCUT2D eigenvalue weighted by molar-refractivity contribution is 5.76. The lowest BCUT2D eigenvalue weighted by molar-refractivity contribution is 0.631. The molecule has 0 unspecified atom stereocenters. The van der Waals surface area contributed by atoms with E-state index in [9.17, 15) is 0 Å². The number of benzene rings is 4. The molecule has 0 fully saturated rings. The molecule has 0 saturated carbocycles. The second-order valence-corrected chi connectivity index (χ2v) is 10.2. The Morgan fingerprint density at radius 1 is 0.486 bits per heavy atom. The van der Waals surface area contributed by atoms with Crippen LogP contribution in [0, 0.1) is 5.82 Å². The lowest BCUT2D eigenvalue weighted by Gasteiger charge is -2.13. The van der Waals surface area contributed by atoms with Gasteiger partial charge in [-0.3, -0.25) is 0 Å². The monoisotopic (exact) mass is 492 g/mol. The zero-order chi connectivity index (χ0) is 26.0. The van der Waals surface area contributed by atoms with Crippen LogP contribution in [0.1, 0.15) is 76.0 Å². The molecule has 0 heterocycles. The van der Waals surface area contributed by atoms with E-state index in [-0.39, 0.29) is 5.82 Å². The number of hydrogen-bond donors (Lipinski definition) is 0. The topological polar surface area (TPSA) is 0 Å². The number of rotatable bonds is 12. The molecule has 37 heavy (non-hydrogen) atoms. The minimum Gasteiger partial charge on any atom is -0.206 e. The quantitative estimate of drug-likeness (QED) is 0.172. The van der Waals surface area contributed by atoms with Gasteiger partial charge in [0.05, 0.1) is 0 Å². The molecule has 0 nitrogen and oxygen atoms in total. The van der Waals surface area contributed by atoms with Crippen LogP contribution < -0.4 is 0 Å². The largest absolute Gasteiger partial charge is 0.206 e. The predicted molar refractivity (Wildman–Crippen MR) is 159 cm³/mol. The SMILES string of the molecule is CCCCCc1ccc(-c2ccc(-c3ccc(-c4ccc(CCCCC)cc4)cc3CC)c(F)c2)cc1. The highest BCUT2D eigenvalue weighted by atomic mass is 19.1. The Labute approximate surface area is 223 Å². The van der Waals surface area contributed by atoms with Crippen LogP contribution in [0.25, 0.3) is 33.4 Å². The average molecular weight is 493 g/mol. The summed E-state index contributed by atoms with van der Waals surface area (Å²) in [6.45, 7) is 6.62. The summed E-state index contributed by atoms with van der Waals surface area (Å²) in [6.07, 6.45) is 10.6. The third kappa shape index (κ3) is 6.98. The van der Waals surface area contributed by atoms with Crippen molar-refractivity contribution in [1.82, 2.24) is 0 Å². The van der Waals surface area contributed by atoms with Crippen molar-refractivity contribution < 1.29 is 4.39 Å². The van der Waals surface area contributed by atoms with Crippen molar-refractivity contribution in [1.29, 1.82) is 0 Å². The molecule has 1 heteroatoms. The first-order valence-corrected chi connectivity index (χ1v) is 14.2. The summed E-state index contributed by atoms with van der Waals surface area (Å²) in [6, 6.07) is 29.7. The summed E-state index contributed by atoms with van der Waals surface area (Å²) in [7, 11) is 0. The fraction of sp³-hybridized carbons (Fsp3) is 0.333. The normalized spacial score (nSPS) is 11.1. The molecule has 0 saturated heterocycles. The minimum atomic E-state index is -0.164. The van der Waals surface area contributed by atoms with Crippen molar-refractivity contribution in [3.63, 3.8) is 0 Å². The molecule has 0 aliphatic carbocycles. The fourth-order valence-corrected chi connectivity index (χ4v) is 5.13. The molecular weight excluding hydrogens is 451 g/mol. The Hall–Kier alpha value is -3.19. The summed E-state index contributed by atoms with van der Waals surface area (Å²) in [5.74, 6) is -0.164. The van der Waals surface area contributed by atoms with Crippen molar-refractivity contribution in [3.05, 3.63) is 107 Å². The molecule has 0 radical (unpaired) electrons. The van der Waals surface area contributed by atoms with E-state index in [1.807, 2.05) is 6.07 Å². The Morgan fingerprint density at radius 2 is 0.946 bits per heavy atom. The van der Waals surface area contributed by atoms with E-state index >= 15 is 4.39 Å². The zero-order valence-electron chi connectivity index (χ0n) is 22.8. The van der Waals surface area contributed by atoms with Gasteiger partial charge in [-0.2, -0.15) is 0 Å². The maximum atomic E-state index is 15.4. The summed E-state index contributed by atoms with van der Waals surface area (Å²) >= 11 is 0. The lowest BCUT2D eigenvalue weighted by Crippen LogP contribution is -1.93. The number of halogens is 1. The Balaban J connectivity index is 1.52. The Morgan fingerprint density at radius 3 is 1.41 bits per heavy atom. The van der Waals surface area contributed by atoms with Crippen LogP contribution in [0.15, 0.2) is 84.9 Å². The van der Waals surface area contributed by atoms with Gasteiger partial charge in [0.2, 0.25) is 0 Å². The molecule has 4 aromatic rings. The van der Waals surface area contributed by atoms with Gasteiger partial charge in [-0.15, -0.1) is 0 Å². The molecule has 0 bridgehead atoms. The van der Waals surface area contributed by atoms with Gasteiger partial charge in [-0.05, 0) is 82.7 Å². The number of unbranched alkanes of at least 4 members (excludes halogenated alkanes) is 4. The van der Waals surface area contributed by atoms with Gasteiger partial charge in [0.1, 0.15) is 5.82 Å². The first-order valence-electron chi connectivity index (χ1n) is 14.2. The van der Waals surface area contributed by atoms with E-state index in [4.69, 9.17) is 0 Å². The van der Waals surface area contributed by atoms with Crippen LogP contribution in [-0.4, -0.2) is 0 Å². The third-order valence-corrected chi connectivity index (χ3v) is 7.46. The maximum Gasteiger partial charge on any atom is 0.131 e. The molecule has 0 aliphatic heterocycles. The molecule has 4 rings (SSSR count). The van der Waals surface area contributed by atoms with E-state index < -0.39 is 0 Å². The number of hydrogen-bond acceptors (Lipinski definition) is 0. The van der Waals surface area contributed by atoms with Crippen LogP contribution in [0.5, 0.6) is 0 Å². The van der Waals surface area contributed by atoms with Crippen molar-refractivity contribution in [2.45, 2.75) is 78.6 Å². The Bertz CT molecular complexity index is 1270. The van der Waals surface area contributed by atoms with Gasteiger partial charge < -0.3 is 0 Å². The molecule has 0 atom stereocenters. The first kappa shape index (κ1) is 26.9. The average Bonchev–Trinajstić information content (AvgIpc) is 2.94. The maximum absolute atomic E-state index is 15.4. The summed E-state index contributed by atoms with van der Waals surface area (Å²) < 4.78 is 15.4. The van der Waals surface area contributed by atoms with Crippen LogP contribution in [0.2, 0.25) is 0 Å².